The predicted octanol–water partition coefficient (Wildman–Crippen LogP) is 3.72. The summed E-state index contributed by atoms with van der Waals surface area (Å²) in [4.78, 5) is 16.5. The van der Waals surface area contributed by atoms with Crippen LogP contribution in [0.15, 0.2) is 48.5 Å². The first-order valence-electron chi connectivity index (χ1n) is 9.95. The summed E-state index contributed by atoms with van der Waals surface area (Å²) in [5.74, 6) is 0.134. The number of piperazine rings is 1. The Morgan fingerprint density at radius 1 is 0.966 bits per heavy atom. The molecule has 0 aliphatic carbocycles. The molecule has 4 nitrogen and oxygen atoms in total. The first-order chi connectivity index (χ1) is 13.7. The van der Waals surface area contributed by atoms with Gasteiger partial charge in [-0.3, -0.25) is 9.00 Å². The Hall–Kier alpha value is -2.21. The third kappa shape index (κ3) is 5.89. The molecule has 1 aliphatic rings. The third-order valence-electron chi connectivity index (χ3n) is 5.26. The summed E-state index contributed by atoms with van der Waals surface area (Å²) in [5, 5.41) is 0. The molecular formula is C23H29FN2O2S. The van der Waals surface area contributed by atoms with Gasteiger partial charge in [-0.25, -0.2) is 4.39 Å². The van der Waals surface area contributed by atoms with Gasteiger partial charge in [-0.1, -0.05) is 45.0 Å². The van der Waals surface area contributed by atoms with Crippen molar-refractivity contribution in [2.45, 2.75) is 31.9 Å². The molecular weight excluding hydrogens is 387 g/mol. The van der Waals surface area contributed by atoms with E-state index in [-0.39, 0.29) is 22.9 Å². The molecule has 1 heterocycles. The summed E-state index contributed by atoms with van der Waals surface area (Å²) in [5.41, 5.74) is 3.28. The minimum Gasteiger partial charge on any atom is -0.368 e. The Kier molecular flexibility index (Phi) is 6.73. The summed E-state index contributed by atoms with van der Waals surface area (Å²) in [6.45, 7) is 9.05. The highest BCUT2D eigenvalue weighted by Gasteiger charge is 2.23. The lowest BCUT2D eigenvalue weighted by atomic mass is 9.87. The van der Waals surface area contributed by atoms with Gasteiger partial charge in [-0.15, -0.1) is 0 Å². The van der Waals surface area contributed by atoms with Gasteiger partial charge in [0.15, 0.2) is 0 Å². The van der Waals surface area contributed by atoms with Gasteiger partial charge in [-0.2, -0.15) is 0 Å². The Morgan fingerprint density at radius 3 is 2.10 bits per heavy atom. The van der Waals surface area contributed by atoms with Crippen molar-refractivity contribution in [3.8, 4) is 0 Å². The first-order valence-corrected chi connectivity index (χ1v) is 11.4. The molecule has 0 bridgehead atoms. The smallest absolute Gasteiger partial charge is 0.235 e. The maximum absolute atomic E-state index is 13.1. The Labute approximate surface area is 175 Å². The molecule has 1 saturated heterocycles. The summed E-state index contributed by atoms with van der Waals surface area (Å²) < 4.78 is 25.6. The molecule has 1 unspecified atom stereocenters. The SMILES string of the molecule is CC(C)(C)c1ccc(CS(=O)CC(=O)N2CCN(c3ccc(F)cc3)CC2)cc1. The van der Waals surface area contributed by atoms with E-state index in [1.54, 1.807) is 17.0 Å². The molecule has 29 heavy (non-hydrogen) atoms. The molecule has 1 amide bonds. The van der Waals surface area contributed by atoms with Crippen molar-refractivity contribution in [2.75, 3.05) is 36.8 Å². The Bertz CT molecular complexity index is 852. The second kappa shape index (κ2) is 9.08. The summed E-state index contributed by atoms with van der Waals surface area (Å²) in [7, 11) is -1.22. The number of rotatable bonds is 5. The normalized spacial score (nSPS) is 16.0. The van der Waals surface area contributed by atoms with Crippen molar-refractivity contribution in [3.63, 3.8) is 0 Å². The van der Waals surface area contributed by atoms with E-state index in [4.69, 9.17) is 0 Å². The molecule has 0 spiro atoms. The highest BCUT2D eigenvalue weighted by Crippen LogP contribution is 2.22. The van der Waals surface area contributed by atoms with E-state index in [0.29, 0.717) is 31.9 Å². The quantitative estimate of drug-likeness (QED) is 0.746. The zero-order chi connectivity index (χ0) is 21.0. The molecule has 1 atom stereocenters. The number of hydrogen-bond acceptors (Lipinski definition) is 3. The van der Waals surface area contributed by atoms with Crippen LogP contribution in [0.5, 0.6) is 0 Å². The minimum atomic E-state index is -1.22. The molecule has 6 heteroatoms. The lowest BCUT2D eigenvalue weighted by molar-refractivity contribution is -0.128. The molecule has 3 rings (SSSR count). The van der Waals surface area contributed by atoms with E-state index in [0.717, 1.165) is 11.3 Å². The topological polar surface area (TPSA) is 40.6 Å². The fraction of sp³-hybridized carbons (Fsp3) is 0.435. The number of nitrogens with zero attached hydrogens (tertiary/aromatic N) is 2. The number of carbonyl (C=O) groups is 1. The van der Waals surface area contributed by atoms with Crippen LogP contribution in [0.2, 0.25) is 0 Å². The minimum absolute atomic E-state index is 0.0531. The van der Waals surface area contributed by atoms with Crippen molar-refractivity contribution < 1.29 is 13.4 Å². The molecule has 156 valence electrons. The van der Waals surface area contributed by atoms with Crippen molar-refractivity contribution >= 4 is 22.4 Å². The van der Waals surface area contributed by atoms with Crippen LogP contribution < -0.4 is 4.90 Å². The van der Waals surface area contributed by atoms with Gasteiger partial charge < -0.3 is 9.80 Å². The van der Waals surface area contributed by atoms with Crippen molar-refractivity contribution in [2.24, 2.45) is 0 Å². The van der Waals surface area contributed by atoms with Gasteiger partial charge >= 0.3 is 0 Å². The van der Waals surface area contributed by atoms with Gasteiger partial charge in [0.05, 0.1) is 0 Å². The average molecular weight is 417 g/mol. The van der Waals surface area contributed by atoms with E-state index < -0.39 is 10.8 Å². The van der Waals surface area contributed by atoms with Gasteiger partial charge in [-0.05, 0) is 40.8 Å². The number of benzene rings is 2. The highest BCUT2D eigenvalue weighted by atomic mass is 32.2. The van der Waals surface area contributed by atoms with Gasteiger partial charge in [0, 0.05) is 48.4 Å². The van der Waals surface area contributed by atoms with Crippen LogP contribution in [0.25, 0.3) is 0 Å². The van der Waals surface area contributed by atoms with Crippen LogP contribution >= 0.6 is 0 Å². The van der Waals surface area contributed by atoms with Crippen LogP contribution in [0.3, 0.4) is 0 Å². The lowest BCUT2D eigenvalue weighted by Crippen LogP contribution is -2.50. The molecule has 2 aromatic rings. The zero-order valence-electron chi connectivity index (χ0n) is 17.4. The van der Waals surface area contributed by atoms with Crippen molar-refractivity contribution in [1.29, 1.82) is 0 Å². The number of carbonyl (C=O) groups excluding carboxylic acids is 1. The van der Waals surface area contributed by atoms with Gasteiger partial charge in [0.25, 0.3) is 0 Å². The van der Waals surface area contributed by atoms with E-state index in [2.05, 4.69) is 37.8 Å². The fourth-order valence-electron chi connectivity index (χ4n) is 3.43. The molecule has 1 fully saturated rings. The molecule has 0 aromatic heterocycles. The highest BCUT2D eigenvalue weighted by molar-refractivity contribution is 7.84. The van der Waals surface area contributed by atoms with Crippen molar-refractivity contribution in [3.05, 3.63) is 65.5 Å². The Morgan fingerprint density at radius 2 is 1.55 bits per heavy atom. The second-order valence-electron chi connectivity index (χ2n) is 8.52. The average Bonchev–Trinajstić information content (AvgIpc) is 2.68. The zero-order valence-corrected chi connectivity index (χ0v) is 18.2. The second-order valence-corrected chi connectivity index (χ2v) is 9.98. The van der Waals surface area contributed by atoms with Crippen LogP contribution in [-0.4, -0.2) is 46.9 Å². The van der Waals surface area contributed by atoms with Crippen molar-refractivity contribution in [1.82, 2.24) is 4.90 Å². The molecule has 0 N–H and O–H groups in total. The monoisotopic (exact) mass is 416 g/mol. The van der Waals surface area contributed by atoms with E-state index in [9.17, 15) is 13.4 Å². The maximum atomic E-state index is 13.1. The molecule has 2 aromatic carbocycles. The van der Waals surface area contributed by atoms with Crippen LogP contribution in [-0.2, 0) is 26.8 Å². The standard InChI is InChI=1S/C23H29FN2O2S/c1-23(2,3)19-6-4-18(5-7-19)16-29(28)17-22(27)26-14-12-25(13-15-26)21-10-8-20(24)9-11-21/h4-11H,12-17H2,1-3H3. The molecule has 0 saturated carbocycles. The number of hydrogen-bond donors (Lipinski definition) is 0. The lowest BCUT2D eigenvalue weighted by Gasteiger charge is -2.36. The van der Waals surface area contributed by atoms with Gasteiger partial charge in [0.2, 0.25) is 5.91 Å². The third-order valence-corrected chi connectivity index (χ3v) is 6.48. The molecule has 1 aliphatic heterocycles. The summed E-state index contributed by atoms with van der Waals surface area (Å²) >= 11 is 0. The Balaban J connectivity index is 1.48. The predicted molar refractivity (Wildman–Crippen MR) is 117 cm³/mol. The summed E-state index contributed by atoms with van der Waals surface area (Å²) in [6, 6.07) is 14.6. The maximum Gasteiger partial charge on any atom is 0.235 e. The van der Waals surface area contributed by atoms with E-state index in [1.807, 2.05) is 12.1 Å². The van der Waals surface area contributed by atoms with E-state index in [1.165, 1.54) is 17.7 Å². The first kappa shape index (κ1) is 21.5. The van der Waals surface area contributed by atoms with Gasteiger partial charge in [0.1, 0.15) is 11.6 Å². The number of anilines is 1. The van der Waals surface area contributed by atoms with Crippen LogP contribution in [0.4, 0.5) is 10.1 Å². The molecule has 0 radical (unpaired) electrons. The number of amides is 1. The summed E-state index contributed by atoms with van der Waals surface area (Å²) in [6.07, 6.45) is 0. The van der Waals surface area contributed by atoms with Crippen LogP contribution in [0, 0.1) is 5.82 Å². The van der Waals surface area contributed by atoms with E-state index >= 15 is 0 Å². The van der Waals surface area contributed by atoms with Crippen LogP contribution in [0.1, 0.15) is 31.9 Å². The number of halogens is 1. The largest absolute Gasteiger partial charge is 0.368 e. The fourth-order valence-corrected chi connectivity index (χ4v) is 4.56.